The predicted molar refractivity (Wildman–Crippen MR) is 42.9 cm³/mol. The third kappa shape index (κ3) is 7.29. The molecule has 0 radical (unpaired) electrons. The van der Waals surface area contributed by atoms with E-state index >= 15 is 0 Å². The van der Waals surface area contributed by atoms with Crippen molar-refractivity contribution in [3.63, 3.8) is 0 Å². The number of carboxylic acid groups (broad SMARTS) is 1. The van der Waals surface area contributed by atoms with Gasteiger partial charge in [0.2, 0.25) is 0 Å². The molecular weight excluding hydrogens is 152 g/mol. The van der Waals surface area contributed by atoms with Gasteiger partial charge in [0.05, 0.1) is 18.6 Å². The molecule has 1 aliphatic rings. The number of rotatable bonds is 1. The van der Waals surface area contributed by atoms with Crippen molar-refractivity contribution < 1.29 is 9.90 Å². The van der Waals surface area contributed by atoms with Gasteiger partial charge in [-0.15, -0.1) is 0 Å². The van der Waals surface area contributed by atoms with E-state index in [0.29, 0.717) is 0 Å². The van der Waals surface area contributed by atoms with Gasteiger partial charge < -0.3 is 10.4 Å². The summed E-state index contributed by atoms with van der Waals surface area (Å²) in [6, 6.07) is 0. The Morgan fingerprint density at radius 1 is 1.90 bits per heavy atom. The van der Waals surface area contributed by atoms with Crippen LogP contribution in [0.25, 0.3) is 0 Å². The molecule has 4 nitrogen and oxygen atoms in total. The van der Waals surface area contributed by atoms with Gasteiger partial charge in [0, 0.05) is 6.54 Å². The number of nitrogens with zero attached hydrogens (tertiary/aromatic N) is 1. The zero-order valence-electron chi connectivity index (χ0n) is 5.45. The zero-order chi connectivity index (χ0) is 7.82. The van der Waals surface area contributed by atoms with Gasteiger partial charge in [0.15, 0.2) is 0 Å². The number of aliphatic imine (C=N–C) groups is 1. The number of hydrogen-bond acceptors (Lipinski definition) is 4. The molecule has 0 amide bonds. The zero-order valence-corrected chi connectivity index (χ0v) is 6.34. The van der Waals surface area contributed by atoms with Crippen molar-refractivity contribution in [1.82, 2.24) is 5.32 Å². The fourth-order valence-electron chi connectivity index (χ4n) is 0.323. The van der Waals surface area contributed by atoms with E-state index < -0.39 is 5.97 Å². The number of aliphatic carboxylic acids is 1. The Hall–Kier alpha value is -0.710. The average molecular weight is 162 g/mol. The Kier molecular flexibility index (Phi) is 5.96. The SMILES string of the molecule is C1=NCCN1.O=C(O)CS. The minimum absolute atomic E-state index is 0.0833. The van der Waals surface area contributed by atoms with E-state index in [2.05, 4.69) is 22.9 Å². The van der Waals surface area contributed by atoms with Gasteiger partial charge in [-0.1, -0.05) is 0 Å². The predicted octanol–water partition coefficient (Wildman–Crippen LogP) is -0.381. The van der Waals surface area contributed by atoms with Crippen LogP contribution in [-0.2, 0) is 4.79 Å². The third-order valence-corrected chi connectivity index (χ3v) is 0.974. The molecule has 0 aromatic rings. The van der Waals surface area contributed by atoms with Gasteiger partial charge in [0.1, 0.15) is 0 Å². The maximum absolute atomic E-state index is 9.29. The van der Waals surface area contributed by atoms with Crippen LogP contribution in [0.3, 0.4) is 0 Å². The summed E-state index contributed by atoms with van der Waals surface area (Å²) in [5.74, 6) is -0.965. The lowest BCUT2D eigenvalue weighted by Crippen LogP contribution is -2.04. The molecule has 1 heterocycles. The van der Waals surface area contributed by atoms with E-state index in [1.165, 1.54) is 0 Å². The fourth-order valence-corrected chi connectivity index (χ4v) is 0.323. The van der Waals surface area contributed by atoms with E-state index in [4.69, 9.17) is 5.11 Å². The van der Waals surface area contributed by atoms with E-state index in [1.807, 2.05) is 0 Å². The van der Waals surface area contributed by atoms with E-state index in [0.717, 1.165) is 13.1 Å². The second kappa shape index (κ2) is 6.41. The summed E-state index contributed by atoms with van der Waals surface area (Å²) in [7, 11) is 0. The average Bonchev–Trinajstić information content (AvgIpc) is 2.43. The van der Waals surface area contributed by atoms with Crippen molar-refractivity contribution in [2.75, 3.05) is 18.8 Å². The van der Waals surface area contributed by atoms with Crippen LogP contribution in [0.1, 0.15) is 0 Å². The highest BCUT2D eigenvalue weighted by Crippen LogP contribution is 1.68. The first-order valence-corrected chi connectivity index (χ1v) is 3.45. The molecule has 0 aromatic heterocycles. The first-order valence-electron chi connectivity index (χ1n) is 2.81. The smallest absolute Gasteiger partial charge is 0.313 e. The van der Waals surface area contributed by atoms with Crippen molar-refractivity contribution in [1.29, 1.82) is 0 Å². The summed E-state index contributed by atoms with van der Waals surface area (Å²) in [6.45, 7) is 1.99. The Bertz CT molecular complexity index is 121. The molecule has 0 saturated carbocycles. The molecular formula is C5H10N2O2S. The lowest BCUT2D eigenvalue weighted by atomic mass is 10.7. The Balaban J connectivity index is 0.000000162. The van der Waals surface area contributed by atoms with Gasteiger partial charge in [-0.25, -0.2) is 0 Å². The van der Waals surface area contributed by atoms with Gasteiger partial charge >= 0.3 is 5.97 Å². The third-order valence-electron chi connectivity index (χ3n) is 0.703. The molecule has 5 heteroatoms. The highest BCUT2D eigenvalue weighted by atomic mass is 32.1. The molecule has 10 heavy (non-hydrogen) atoms. The highest BCUT2D eigenvalue weighted by Gasteiger charge is 1.82. The van der Waals surface area contributed by atoms with Crippen molar-refractivity contribution in [3.05, 3.63) is 0 Å². The van der Waals surface area contributed by atoms with Crippen LogP contribution in [0, 0.1) is 0 Å². The van der Waals surface area contributed by atoms with Gasteiger partial charge in [-0.2, -0.15) is 12.6 Å². The molecule has 0 unspecified atom stereocenters. The molecule has 58 valence electrons. The minimum atomic E-state index is -0.881. The number of carbonyl (C=O) groups is 1. The van der Waals surface area contributed by atoms with Crippen LogP contribution in [-0.4, -0.2) is 36.3 Å². The molecule has 0 aromatic carbocycles. The van der Waals surface area contributed by atoms with Crippen molar-refractivity contribution in [2.24, 2.45) is 4.99 Å². The topological polar surface area (TPSA) is 61.7 Å². The van der Waals surface area contributed by atoms with Gasteiger partial charge in [-0.3, -0.25) is 9.79 Å². The minimum Gasteiger partial charge on any atom is -0.481 e. The maximum atomic E-state index is 9.29. The molecule has 2 N–H and O–H groups in total. The lowest BCUT2D eigenvalue weighted by Gasteiger charge is -1.75. The van der Waals surface area contributed by atoms with Crippen molar-refractivity contribution in [2.45, 2.75) is 0 Å². The number of thiol groups is 1. The molecule has 0 fully saturated rings. The number of hydrogen-bond donors (Lipinski definition) is 3. The number of carboxylic acids is 1. The Morgan fingerprint density at radius 3 is 2.60 bits per heavy atom. The first kappa shape index (κ1) is 9.29. The molecule has 0 spiro atoms. The molecule has 1 aliphatic heterocycles. The molecule has 0 aliphatic carbocycles. The quantitative estimate of drug-likeness (QED) is 0.460. The van der Waals surface area contributed by atoms with Crippen molar-refractivity contribution in [3.8, 4) is 0 Å². The fraction of sp³-hybridized carbons (Fsp3) is 0.600. The molecule has 0 atom stereocenters. The van der Waals surface area contributed by atoms with E-state index in [9.17, 15) is 4.79 Å². The molecule has 0 saturated heterocycles. The first-order chi connectivity index (χ1) is 4.77. The standard InChI is InChI=1S/C3H6N2.C2H4O2S/c1-2-5-3-4-1;3-2(4)1-5/h3H,1-2H2,(H,4,5);5H,1H2,(H,3,4). The van der Waals surface area contributed by atoms with Crippen LogP contribution < -0.4 is 5.32 Å². The monoisotopic (exact) mass is 162 g/mol. The summed E-state index contributed by atoms with van der Waals surface area (Å²) in [5, 5.41) is 10.6. The maximum Gasteiger partial charge on any atom is 0.313 e. The van der Waals surface area contributed by atoms with Gasteiger partial charge in [0.25, 0.3) is 0 Å². The second-order valence-corrected chi connectivity index (χ2v) is 1.86. The van der Waals surface area contributed by atoms with Crippen LogP contribution in [0.2, 0.25) is 0 Å². The normalized spacial score (nSPS) is 13.3. The van der Waals surface area contributed by atoms with E-state index in [-0.39, 0.29) is 5.75 Å². The van der Waals surface area contributed by atoms with E-state index in [1.54, 1.807) is 6.34 Å². The lowest BCUT2D eigenvalue weighted by molar-refractivity contribution is -0.133. The summed E-state index contributed by atoms with van der Waals surface area (Å²) in [5.41, 5.74) is 0. The Labute approximate surface area is 64.8 Å². The van der Waals surface area contributed by atoms with Crippen LogP contribution in [0.5, 0.6) is 0 Å². The second-order valence-electron chi connectivity index (χ2n) is 1.54. The summed E-state index contributed by atoms with van der Waals surface area (Å²) in [4.78, 5) is 13.1. The van der Waals surface area contributed by atoms with Gasteiger partial charge in [-0.05, 0) is 0 Å². The number of nitrogens with one attached hydrogen (secondary N) is 1. The summed E-state index contributed by atoms with van der Waals surface area (Å²) < 4.78 is 0. The van der Waals surface area contributed by atoms with Crippen LogP contribution in [0.4, 0.5) is 0 Å². The highest BCUT2D eigenvalue weighted by molar-refractivity contribution is 7.81. The Morgan fingerprint density at radius 2 is 2.50 bits per heavy atom. The van der Waals surface area contributed by atoms with Crippen LogP contribution in [0.15, 0.2) is 4.99 Å². The largest absolute Gasteiger partial charge is 0.481 e. The summed E-state index contributed by atoms with van der Waals surface area (Å²) >= 11 is 3.42. The van der Waals surface area contributed by atoms with Crippen LogP contribution >= 0.6 is 12.6 Å². The summed E-state index contributed by atoms with van der Waals surface area (Å²) in [6.07, 6.45) is 1.74. The molecule has 0 bridgehead atoms. The van der Waals surface area contributed by atoms with Crippen molar-refractivity contribution >= 4 is 24.9 Å². The molecule has 1 rings (SSSR count).